The van der Waals surface area contributed by atoms with Crippen LogP contribution in [0.25, 0.3) is 0 Å². The number of carboxylic acid groups (broad SMARTS) is 1. The van der Waals surface area contributed by atoms with Gasteiger partial charge in [-0.1, -0.05) is 11.6 Å². The summed E-state index contributed by atoms with van der Waals surface area (Å²) in [6.45, 7) is -0.308. The topological polar surface area (TPSA) is 86.6 Å². The lowest BCUT2D eigenvalue weighted by Gasteiger charge is -2.13. The monoisotopic (exact) mass is 257 g/mol. The van der Waals surface area contributed by atoms with Crippen molar-refractivity contribution in [2.75, 3.05) is 6.61 Å². The molecule has 0 aliphatic heterocycles. The zero-order valence-electron chi connectivity index (χ0n) is 8.89. The molecular weight excluding hydrogens is 246 g/mol. The summed E-state index contributed by atoms with van der Waals surface area (Å²) in [6, 6.07) is 4.98. The van der Waals surface area contributed by atoms with Gasteiger partial charge in [0.05, 0.1) is 0 Å². The van der Waals surface area contributed by atoms with E-state index in [0.29, 0.717) is 10.6 Å². The van der Waals surface area contributed by atoms with E-state index in [1.807, 2.05) is 0 Å². The van der Waals surface area contributed by atoms with Crippen LogP contribution in [0.2, 0.25) is 5.02 Å². The van der Waals surface area contributed by atoms with Crippen LogP contribution >= 0.6 is 11.6 Å². The van der Waals surface area contributed by atoms with E-state index in [-0.39, 0.29) is 13.0 Å². The summed E-state index contributed by atoms with van der Waals surface area (Å²) in [7, 11) is 0. The number of amides is 1. The molecule has 3 N–H and O–H groups in total. The van der Waals surface area contributed by atoms with E-state index < -0.39 is 17.9 Å². The highest BCUT2D eigenvalue weighted by molar-refractivity contribution is 6.30. The third kappa shape index (κ3) is 4.05. The van der Waals surface area contributed by atoms with Gasteiger partial charge in [-0.05, 0) is 24.3 Å². The predicted octanol–water partition coefficient (Wildman–Crippen LogP) is 0.905. The molecule has 1 rings (SSSR count). The van der Waals surface area contributed by atoms with Crippen molar-refractivity contribution in [1.82, 2.24) is 5.32 Å². The first-order valence-electron chi connectivity index (χ1n) is 4.94. The summed E-state index contributed by atoms with van der Waals surface area (Å²) in [5.74, 6) is -1.69. The fourth-order valence-corrected chi connectivity index (χ4v) is 1.36. The second kappa shape index (κ2) is 6.22. The largest absolute Gasteiger partial charge is 0.480 e. The van der Waals surface area contributed by atoms with E-state index >= 15 is 0 Å². The number of aliphatic hydroxyl groups excluding tert-OH is 1. The van der Waals surface area contributed by atoms with Crippen molar-refractivity contribution in [2.45, 2.75) is 12.5 Å². The van der Waals surface area contributed by atoms with E-state index in [1.165, 1.54) is 24.3 Å². The molecule has 17 heavy (non-hydrogen) atoms. The number of hydrogen-bond acceptors (Lipinski definition) is 3. The van der Waals surface area contributed by atoms with Gasteiger partial charge < -0.3 is 15.5 Å². The van der Waals surface area contributed by atoms with Crippen molar-refractivity contribution >= 4 is 23.5 Å². The average Bonchev–Trinajstić information content (AvgIpc) is 2.29. The smallest absolute Gasteiger partial charge is 0.326 e. The molecule has 0 bridgehead atoms. The summed E-state index contributed by atoms with van der Waals surface area (Å²) in [6.07, 6.45) is -0.0331. The number of benzene rings is 1. The van der Waals surface area contributed by atoms with E-state index in [9.17, 15) is 9.59 Å². The van der Waals surface area contributed by atoms with E-state index in [1.54, 1.807) is 0 Å². The molecule has 6 heteroatoms. The van der Waals surface area contributed by atoms with Crippen molar-refractivity contribution < 1.29 is 19.8 Å². The van der Waals surface area contributed by atoms with Gasteiger partial charge in [0.15, 0.2) is 0 Å². The molecular formula is C11H12ClNO4. The van der Waals surface area contributed by atoms with Gasteiger partial charge in [-0.2, -0.15) is 0 Å². The van der Waals surface area contributed by atoms with Crippen LogP contribution in [0.1, 0.15) is 16.8 Å². The van der Waals surface area contributed by atoms with E-state index in [4.69, 9.17) is 21.8 Å². The molecule has 0 unspecified atom stereocenters. The minimum atomic E-state index is -1.18. The predicted molar refractivity (Wildman–Crippen MR) is 62.0 cm³/mol. The lowest BCUT2D eigenvalue weighted by molar-refractivity contribution is -0.139. The third-order valence-corrected chi connectivity index (χ3v) is 2.38. The molecule has 0 radical (unpaired) electrons. The van der Waals surface area contributed by atoms with Gasteiger partial charge >= 0.3 is 5.97 Å². The molecule has 1 aromatic rings. The van der Waals surface area contributed by atoms with Gasteiger partial charge in [0.1, 0.15) is 6.04 Å². The number of aliphatic carboxylic acids is 1. The summed E-state index contributed by atoms with van der Waals surface area (Å²) in [4.78, 5) is 22.4. The SMILES string of the molecule is O=C(N[C@@H](CCO)C(=O)O)c1ccc(Cl)cc1. The Hall–Kier alpha value is -1.59. The van der Waals surface area contributed by atoms with Crippen LogP contribution in [0.15, 0.2) is 24.3 Å². The molecule has 92 valence electrons. The normalized spacial score (nSPS) is 11.9. The molecule has 0 aromatic heterocycles. The summed E-state index contributed by atoms with van der Waals surface area (Å²) in [5.41, 5.74) is 0.318. The zero-order valence-corrected chi connectivity index (χ0v) is 9.65. The molecule has 0 aliphatic rings. The summed E-state index contributed by atoms with van der Waals surface area (Å²) >= 11 is 5.66. The average molecular weight is 258 g/mol. The van der Waals surface area contributed by atoms with Crippen molar-refractivity contribution in [3.05, 3.63) is 34.9 Å². The van der Waals surface area contributed by atoms with Crippen LogP contribution in [0.5, 0.6) is 0 Å². The summed E-state index contributed by atoms with van der Waals surface area (Å²) in [5, 5.41) is 20.3. The molecule has 0 heterocycles. The van der Waals surface area contributed by atoms with Gasteiger partial charge in [-0.15, -0.1) is 0 Å². The molecule has 0 spiro atoms. The first kappa shape index (κ1) is 13.5. The second-order valence-electron chi connectivity index (χ2n) is 3.38. The Bertz CT molecular complexity index is 404. The van der Waals surface area contributed by atoms with Gasteiger partial charge in [-0.3, -0.25) is 4.79 Å². The highest BCUT2D eigenvalue weighted by Crippen LogP contribution is 2.09. The van der Waals surface area contributed by atoms with Crippen LogP contribution in [0.3, 0.4) is 0 Å². The number of hydrogen-bond donors (Lipinski definition) is 3. The van der Waals surface area contributed by atoms with Gasteiger partial charge in [-0.25, -0.2) is 4.79 Å². The molecule has 0 saturated heterocycles. The standard InChI is InChI=1S/C11H12ClNO4/c12-8-3-1-7(2-4-8)10(15)13-9(5-6-14)11(16)17/h1-4,9,14H,5-6H2,(H,13,15)(H,16,17)/t9-/m0/s1. The number of carbonyl (C=O) groups excluding carboxylic acids is 1. The number of nitrogens with one attached hydrogen (secondary N) is 1. The maximum atomic E-state index is 11.6. The van der Waals surface area contributed by atoms with Crippen LogP contribution in [-0.2, 0) is 4.79 Å². The number of rotatable bonds is 5. The molecule has 1 amide bonds. The molecule has 1 aromatic carbocycles. The lowest BCUT2D eigenvalue weighted by Crippen LogP contribution is -2.41. The second-order valence-corrected chi connectivity index (χ2v) is 3.82. The minimum absolute atomic E-state index is 0.0331. The van der Waals surface area contributed by atoms with Crippen molar-refractivity contribution in [1.29, 1.82) is 0 Å². The number of aliphatic hydroxyl groups is 1. The maximum absolute atomic E-state index is 11.6. The van der Waals surface area contributed by atoms with Crippen LogP contribution in [-0.4, -0.2) is 34.7 Å². The summed E-state index contributed by atoms with van der Waals surface area (Å²) < 4.78 is 0. The Morgan fingerprint density at radius 2 is 1.88 bits per heavy atom. The first-order valence-corrected chi connectivity index (χ1v) is 5.32. The third-order valence-electron chi connectivity index (χ3n) is 2.13. The Labute approximate surface area is 103 Å². The molecule has 0 saturated carbocycles. The molecule has 5 nitrogen and oxygen atoms in total. The number of carboxylic acids is 1. The minimum Gasteiger partial charge on any atom is -0.480 e. The van der Waals surface area contributed by atoms with Gasteiger partial charge in [0, 0.05) is 23.6 Å². The highest BCUT2D eigenvalue weighted by atomic mass is 35.5. The van der Waals surface area contributed by atoms with Crippen molar-refractivity contribution in [3.8, 4) is 0 Å². The molecule has 0 fully saturated rings. The Kier molecular flexibility index (Phi) is 4.93. The number of carbonyl (C=O) groups is 2. The quantitative estimate of drug-likeness (QED) is 0.732. The Morgan fingerprint density at radius 1 is 1.29 bits per heavy atom. The first-order chi connectivity index (χ1) is 8.04. The van der Waals surface area contributed by atoms with Crippen molar-refractivity contribution in [2.24, 2.45) is 0 Å². The maximum Gasteiger partial charge on any atom is 0.326 e. The van der Waals surface area contributed by atoms with Gasteiger partial charge in [0.25, 0.3) is 5.91 Å². The lowest BCUT2D eigenvalue weighted by atomic mass is 10.1. The van der Waals surface area contributed by atoms with E-state index in [2.05, 4.69) is 5.32 Å². The Balaban J connectivity index is 2.70. The zero-order chi connectivity index (χ0) is 12.8. The molecule has 0 aliphatic carbocycles. The van der Waals surface area contributed by atoms with Crippen LogP contribution in [0.4, 0.5) is 0 Å². The highest BCUT2D eigenvalue weighted by Gasteiger charge is 2.19. The van der Waals surface area contributed by atoms with Gasteiger partial charge in [0.2, 0.25) is 0 Å². The van der Waals surface area contributed by atoms with Crippen LogP contribution in [0, 0.1) is 0 Å². The fourth-order valence-electron chi connectivity index (χ4n) is 1.23. The number of halogens is 1. The van der Waals surface area contributed by atoms with Crippen molar-refractivity contribution in [3.63, 3.8) is 0 Å². The molecule has 1 atom stereocenters. The van der Waals surface area contributed by atoms with E-state index in [0.717, 1.165) is 0 Å². The Morgan fingerprint density at radius 3 is 2.35 bits per heavy atom. The fraction of sp³-hybridized carbons (Fsp3) is 0.273. The van der Waals surface area contributed by atoms with Crippen LogP contribution < -0.4 is 5.32 Å².